The van der Waals surface area contributed by atoms with Crippen molar-refractivity contribution in [2.24, 2.45) is 0 Å². The Balaban J connectivity index is 2.36. The Morgan fingerprint density at radius 3 is 2.71 bits per heavy atom. The summed E-state index contributed by atoms with van der Waals surface area (Å²) in [4.78, 5) is 22.7. The molecule has 0 fully saturated rings. The summed E-state index contributed by atoms with van der Waals surface area (Å²) < 4.78 is 0.996. The van der Waals surface area contributed by atoms with Crippen molar-refractivity contribution >= 4 is 39.7 Å². The molecule has 1 rings (SSSR count). The van der Waals surface area contributed by atoms with Crippen LogP contribution in [0.4, 0.5) is 4.79 Å². The van der Waals surface area contributed by atoms with Crippen molar-refractivity contribution in [1.82, 2.24) is 10.6 Å². The third kappa shape index (κ3) is 6.86. The van der Waals surface area contributed by atoms with Gasteiger partial charge in [-0.2, -0.15) is 11.8 Å². The fraction of sp³-hybridized carbons (Fsp3) is 0.429. The Bertz CT molecular complexity index is 485. The van der Waals surface area contributed by atoms with Crippen molar-refractivity contribution in [3.8, 4) is 0 Å². The molecule has 0 saturated heterocycles. The van der Waals surface area contributed by atoms with Gasteiger partial charge < -0.3 is 15.7 Å². The third-order valence-electron chi connectivity index (χ3n) is 2.85. The predicted octanol–water partition coefficient (Wildman–Crippen LogP) is 2.50. The summed E-state index contributed by atoms with van der Waals surface area (Å²) in [5.41, 5.74) is 1.09. The van der Waals surface area contributed by atoms with Crippen molar-refractivity contribution in [2.45, 2.75) is 18.9 Å². The number of urea groups is 1. The number of aliphatic carboxylic acids is 1. The summed E-state index contributed by atoms with van der Waals surface area (Å²) in [6.45, 7) is 0.448. The number of carbonyl (C=O) groups excluding carboxylic acids is 1. The van der Waals surface area contributed by atoms with Crippen LogP contribution in [0, 0.1) is 0 Å². The zero-order valence-electron chi connectivity index (χ0n) is 11.8. The first-order valence-corrected chi connectivity index (χ1v) is 8.72. The lowest BCUT2D eigenvalue weighted by atomic mass is 10.1. The number of carboxylic acids is 1. The second-order valence-electron chi connectivity index (χ2n) is 4.41. The van der Waals surface area contributed by atoms with Gasteiger partial charge in [0.2, 0.25) is 0 Å². The van der Waals surface area contributed by atoms with E-state index in [4.69, 9.17) is 5.11 Å². The number of amides is 2. The fourth-order valence-electron chi connectivity index (χ4n) is 1.71. The molecule has 0 aliphatic rings. The molecular weight excluding hydrogens is 356 g/mol. The minimum absolute atomic E-state index is 0.411. The number of nitrogens with one attached hydrogen (secondary N) is 2. The lowest BCUT2D eigenvalue weighted by Crippen LogP contribution is -2.46. The highest BCUT2D eigenvalue weighted by atomic mass is 79.9. The number of thioether (sulfide) groups is 1. The molecule has 0 saturated carbocycles. The van der Waals surface area contributed by atoms with Crippen LogP contribution in [0.5, 0.6) is 0 Å². The van der Waals surface area contributed by atoms with Crippen LogP contribution in [0.1, 0.15) is 12.0 Å². The second kappa shape index (κ2) is 9.68. The van der Waals surface area contributed by atoms with Crippen LogP contribution in [-0.4, -0.2) is 41.7 Å². The van der Waals surface area contributed by atoms with Crippen LogP contribution >= 0.6 is 27.7 Å². The normalized spacial score (nSPS) is 11.7. The maximum Gasteiger partial charge on any atom is 0.326 e. The number of rotatable bonds is 8. The van der Waals surface area contributed by atoms with Gasteiger partial charge in [0.25, 0.3) is 0 Å². The summed E-state index contributed by atoms with van der Waals surface area (Å²) in [5.74, 6) is -0.321. The maximum absolute atomic E-state index is 11.7. The van der Waals surface area contributed by atoms with Crippen molar-refractivity contribution < 1.29 is 14.7 Å². The number of carboxylic acid groups (broad SMARTS) is 1. The van der Waals surface area contributed by atoms with Gasteiger partial charge in [0, 0.05) is 11.0 Å². The molecule has 0 aliphatic heterocycles. The van der Waals surface area contributed by atoms with Gasteiger partial charge in [-0.15, -0.1) is 0 Å². The second-order valence-corrected chi connectivity index (χ2v) is 6.25. The lowest BCUT2D eigenvalue weighted by molar-refractivity contribution is -0.139. The SMILES string of the molecule is CSCCC(NC(=O)NCCc1ccccc1Br)C(=O)O. The van der Waals surface area contributed by atoms with Gasteiger partial charge in [-0.1, -0.05) is 34.1 Å². The molecule has 0 bridgehead atoms. The molecule has 1 atom stereocenters. The first kappa shape index (κ1) is 17.8. The summed E-state index contributed by atoms with van der Waals surface area (Å²) in [5, 5.41) is 14.2. The minimum atomic E-state index is -1.01. The number of hydrogen-bond donors (Lipinski definition) is 3. The average Bonchev–Trinajstić information content (AvgIpc) is 2.45. The molecule has 116 valence electrons. The zero-order chi connectivity index (χ0) is 15.7. The molecule has 0 radical (unpaired) electrons. The summed E-state index contributed by atoms with van der Waals surface area (Å²) in [6, 6.07) is 6.48. The standard InChI is InChI=1S/C14H19BrN2O3S/c1-21-9-7-12(13(18)19)17-14(20)16-8-6-10-4-2-3-5-11(10)15/h2-5,12H,6-9H2,1H3,(H,18,19)(H2,16,17,20). The lowest BCUT2D eigenvalue weighted by Gasteiger charge is -2.14. The fourth-order valence-corrected chi connectivity index (χ4v) is 2.67. The van der Waals surface area contributed by atoms with Gasteiger partial charge in [0.15, 0.2) is 0 Å². The van der Waals surface area contributed by atoms with Crippen LogP contribution in [-0.2, 0) is 11.2 Å². The molecule has 2 amide bonds. The van der Waals surface area contributed by atoms with E-state index in [9.17, 15) is 9.59 Å². The smallest absolute Gasteiger partial charge is 0.326 e. The van der Waals surface area contributed by atoms with E-state index in [0.29, 0.717) is 25.1 Å². The van der Waals surface area contributed by atoms with Gasteiger partial charge in [-0.05, 0) is 36.5 Å². The van der Waals surface area contributed by atoms with Crippen molar-refractivity contribution in [1.29, 1.82) is 0 Å². The van der Waals surface area contributed by atoms with Crippen LogP contribution in [0.25, 0.3) is 0 Å². The van der Waals surface area contributed by atoms with Gasteiger partial charge in [0.05, 0.1) is 0 Å². The van der Waals surface area contributed by atoms with Crippen LogP contribution in [0.15, 0.2) is 28.7 Å². The molecule has 3 N–H and O–H groups in total. The van der Waals surface area contributed by atoms with E-state index < -0.39 is 18.0 Å². The van der Waals surface area contributed by atoms with E-state index in [0.717, 1.165) is 10.0 Å². The molecule has 1 aromatic rings. The van der Waals surface area contributed by atoms with Gasteiger partial charge >= 0.3 is 12.0 Å². The molecule has 1 unspecified atom stereocenters. The number of carbonyl (C=O) groups is 2. The molecular formula is C14H19BrN2O3S. The van der Waals surface area contributed by atoms with Gasteiger partial charge in [-0.25, -0.2) is 9.59 Å². The Kier molecular flexibility index (Phi) is 8.22. The molecule has 1 aromatic carbocycles. The largest absolute Gasteiger partial charge is 0.480 e. The van der Waals surface area contributed by atoms with Crippen LogP contribution in [0.2, 0.25) is 0 Å². The summed E-state index contributed by atoms with van der Waals surface area (Å²) in [7, 11) is 0. The highest BCUT2D eigenvalue weighted by Crippen LogP contribution is 2.15. The Morgan fingerprint density at radius 2 is 2.10 bits per heavy atom. The number of hydrogen-bond acceptors (Lipinski definition) is 3. The average molecular weight is 375 g/mol. The number of benzene rings is 1. The van der Waals surface area contributed by atoms with E-state index in [1.54, 1.807) is 11.8 Å². The Morgan fingerprint density at radius 1 is 1.38 bits per heavy atom. The first-order chi connectivity index (χ1) is 10.0. The Hall–Kier alpha value is -1.21. The van der Waals surface area contributed by atoms with Gasteiger partial charge in [0.1, 0.15) is 6.04 Å². The monoisotopic (exact) mass is 374 g/mol. The van der Waals surface area contributed by atoms with E-state index in [-0.39, 0.29) is 0 Å². The first-order valence-electron chi connectivity index (χ1n) is 6.54. The summed E-state index contributed by atoms with van der Waals surface area (Å²) in [6.07, 6.45) is 2.99. The molecule has 0 spiro atoms. The number of halogens is 1. The summed E-state index contributed by atoms with van der Waals surface area (Å²) >= 11 is 4.99. The Labute approximate surface area is 137 Å². The molecule has 0 heterocycles. The van der Waals surface area contributed by atoms with Crippen molar-refractivity contribution in [3.63, 3.8) is 0 Å². The highest BCUT2D eigenvalue weighted by molar-refractivity contribution is 9.10. The van der Waals surface area contributed by atoms with E-state index in [1.165, 1.54) is 0 Å². The molecule has 0 aliphatic carbocycles. The van der Waals surface area contributed by atoms with E-state index in [1.807, 2.05) is 30.5 Å². The van der Waals surface area contributed by atoms with E-state index >= 15 is 0 Å². The minimum Gasteiger partial charge on any atom is -0.480 e. The molecule has 5 nitrogen and oxygen atoms in total. The van der Waals surface area contributed by atoms with Crippen molar-refractivity contribution in [2.75, 3.05) is 18.6 Å². The highest BCUT2D eigenvalue weighted by Gasteiger charge is 2.18. The maximum atomic E-state index is 11.7. The van der Waals surface area contributed by atoms with Gasteiger partial charge in [-0.3, -0.25) is 0 Å². The third-order valence-corrected chi connectivity index (χ3v) is 4.27. The van der Waals surface area contributed by atoms with Crippen LogP contribution in [0.3, 0.4) is 0 Å². The van der Waals surface area contributed by atoms with Crippen molar-refractivity contribution in [3.05, 3.63) is 34.3 Å². The van der Waals surface area contributed by atoms with Crippen LogP contribution < -0.4 is 10.6 Å². The predicted molar refractivity (Wildman–Crippen MR) is 88.8 cm³/mol. The zero-order valence-corrected chi connectivity index (χ0v) is 14.2. The van der Waals surface area contributed by atoms with E-state index in [2.05, 4.69) is 26.6 Å². The topological polar surface area (TPSA) is 78.4 Å². The molecule has 7 heteroatoms. The molecule has 21 heavy (non-hydrogen) atoms. The quantitative estimate of drug-likeness (QED) is 0.653. The molecule has 0 aromatic heterocycles.